The molecule has 0 saturated carbocycles. The molecule has 0 atom stereocenters. The van der Waals surface area contributed by atoms with Gasteiger partial charge in [0.15, 0.2) is 0 Å². The molecule has 1 fully saturated rings. The maximum Gasteiger partial charge on any atom is 0.293 e. The summed E-state index contributed by atoms with van der Waals surface area (Å²) in [5.41, 5.74) is 1.99. The highest BCUT2D eigenvalue weighted by atomic mass is 127. The average Bonchev–Trinajstić information content (AvgIpc) is 2.88. The van der Waals surface area contributed by atoms with Crippen molar-refractivity contribution in [3.05, 3.63) is 65.6 Å². The highest BCUT2D eigenvalue weighted by molar-refractivity contribution is 14.1. The van der Waals surface area contributed by atoms with Crippen LogP contribution in [0.1, 0.15) is 18.1 Å². The third-order valence-electron chi connectivity index (χ3n) is 3.73. The summed E-state index contributed by atoms with van der Waals surface area (Å²) in [6.45, 7) is 2.69. The molecule has 0 N–H and O–H groups in total. The first-order valence-corrected chi connectivity index (χ1v) is 10.9. The molecule has 0 radical (unpaired) electrons. The van der Waals surface area contributed by atoms with Crippen molar-refractivity contribution in [2.75, 3.05) is 6.54 Å². The fraction of sp³-hybridized carbons (Fsp3) is 0.158. The first-order valence-electron chi connectivity index (χ1n) is 7.90. The number of carbonyl (C=O) groups is 2. The van der Waals surface area contributed by atoms with Crippen molar-refractivity contribution >= 4 is 74.2 Å². The summed E-state index contributed by atoms with van der Waals surface area (Å²) in [5.74, 6) is 0.603. The van der Waals surface area contributed by atoms with Gasteiger partial charge in [-0.05, 0) is 93.2 Å². The van der Waals surface area contributed by atoms with E-state index in [1.165, 1.54) is 4.90 Å². The summed E-state index contributed by atoms with van der Waals surface area (Å²) in [4.78, 5) is 25.8. The highest BCUT2D eigenvalue weighted by Crippen LogP contribution is 2.34. The number of nitrogens with zero attached hydrogens (tertiary/aromatic N) is 1. The highest BCUT2D eigenvalue weighted by Gasteiger charge is 2.33. The van der Waals surface area contributed by atoms with E-state index in [0.29, 0.717) is 18.1 Å². The van der Waals surface area contributed by atoms with Gasteiger partial charge in [-0.25, -0.2) is 0 Å². The largest absolute Gasteiger partial charge is 0.487 e. The molecule has 0 spiro atoms. The maximum atomic E-state index is 12.2. The number of hydrogen-bond acceptors (Lipinski definition) is 4. The minimum Gasteiger partial charge on any atom is -0.487 e. The van der Waals surface area contributed by atoms with E-state index >= 15 is 0 Å². The minimum absolute atomic E-state index is 0.212. The monoisotopic (exact) mass is 591 g/mol. The van der Waals surface area contributed by atoms with Gasteiger partial charge in [-0.1, -0.05) is 30.3 Å². The van der Waals surface area contributed by atoms with Gasteiger partial charge in [-0.3, -0.25) is 14.5 Å². The zero-order valence-corrected chi connectivity index (χ0v) is 19.0. The Bertz CT molecular complexity index is 861. The molecule has 1 saturated heterocycles. The lowest BCUT2D eigenvalue weighted by Crippen LogP contribution is -2.27. The average molecular weight is 591 g/mol. The lowest BCUT2D eigenvalue weighted by atomic mass is 10.2. The van der Waals surface area contributed by atoms with E-state index in [4.69, 9.17) is 4.74 Å². The quantitative estimate of drug-likeness (QED) is 0.339. The summed E-state index contributed by atoms with van der Waals surface area (Å²) >= 11 is 5.45. The number of carbonyl (C=O) groups excluding carboxylic acids is 2. The predicted octanol–water partition coefficient (Wildman–Crippen LogP) is 5.53. The van der Waals surface area contributed by atoms with Gasteiger partial charge in [0, 0.05) is 6.54 Å². The molecular formula is C19H15I2NO3S. The number of amides is 2. The van der Waals surface area contributed by atoms with Crippen LogP contribution in [-0.2, 0) is 11.4 Å². The number of hydrogen-bond donors (Lipinski definition) is 0. The number of halogens is 2. The summed E-state index contributed by atoms with van der Waals surface area (Å²) in [5, 5.41) is -0.212. The third kappa shape index (κ3) is 4.42. The Morgan fingerprint density at radius 2 is 1.77 bits per heavy atom. The Morgan fingerprint density at radius 1 is 1.12 bits per heavy atom. The van der Waals surface area contributed by atoms with Crippen LogP contribution in [0.5, 0.6) is 5.75 Å². The number of likely N-dealkylation sites (N-methyl/N-ethyl adjacent to an activating group) is 1. The van der Waals surface area contributed by atoms with Crippen molar-refractivity contribution in [2.24, 2.45) is 0 Å². The molecule has 2 aromatic carbocycles. The number of thioether (sulfide) groups is 1. The Balaban J connectivity index is 1.80. The molecule has 0 bridgehead atoms. The zero-order valence-electron chi connectivity index (χ0n) is 13.9. The van der Waals surface area contributed by atoms with Crippen molar-refractivity contribution in [3.63, 3.8) is 0 Å². The number of imide groups is 1. The maximum absolute atomic E-state index is 12.2. The second-order valence-electron chi connectivity index (χ2n) is 5.51. The van der Waals surface area contributed by atoms with Crippen LogP contribution in [0.2, 0.25) is 0 Å². The predicted molar refractivity (Wildman–Crippen MR) is 121 cm³/mol. The van der Waals surface area contributed by atoms with Crippen LogP contribution in [0.3, 0.4) is 0 Å². The van der Waals surface area contributed by atoms with Gasteiger partial charge in [0.25, 0.3) is 11.1 Å². The molecule has 3 rings (SSSR count). The normalized spacial score (nSPS) is 15.8. The smallest absolute Gasteiger partial charge is 0.293 e. The molecule has 1 aliphatic rings. The third-order valence-corrected chi connectivity index (χ3v) is 6.24. The first-order chi connectivity index (χ1) is 12.5. The van der Waals surface area contributed by atoms with Crippen molar-refractivity contribution in [1.29, 1.82) is 0 Å². The minimum atomic E-state index is -0.225. The van der Waals surface area contributed by atoms with Crippen LogP contribution >= 0.6 is 56.9 Å². The van der Waals surface area contributed by atoms with Gasteiger partial charge in [-0.15, -0.1) is 0 Å². The van der Waals surface area contributed by atoms with Crippen LogP contribution in [0.4, 0.5) is 4.79 Å². The second kappa shape index (κ2) is 8.75. The Hall–Kier alpha value is -1.07. The SMILES string of the molecule is CCN1C(=O)S/C(=C/c2cc(I)c(OCc3ccccc3)c(I)c2)C1=O. The molecule has 0 aromatic heterocycles. The van der Waals surface area contributed by atoms with Gasteiger partial charge >= 0.3 is 0 Å². The van der Waals surface area contributed by atoms with Crippen molar-refractivity contribution in [1.82, 2.24) is 4.90 Å². The second-order valence-corrected chi connectivity index (χ2v) is 8.83. The van der Waals surface area contributed by atoms with Gasteiger partial charge < -0.3 is 4.74 Å². The Kier molecular flexibility index (Phi) is 6.62. The van der Waals surface area contributed by atoms with Crippen molar-refractivity contribution in [2.45, 2.75) is 13.5 Å². The molecular weight excluding hydrogens is 576 g/mol. The van der Waals surface area contributed by atoms with E-state index in [2.05, 4.69) is 45.2 Å². The zero-order chi connectivity index (χ0) is 18.7. The van der Waals surface area contributed by atoms with E-state index < -0.39 is 0 Å². The molecule has 0 unspecified atom stereocenters. The summed E-state index contributed by atoms with van der Waals surface area (Å²) in [6, 6.07) is 13.9. The fourth-order valence-electron chi connectivity index (χ4n) is 2.45. The lowest BCUT2D eigenvalue weighted by Gasteiger charge is -2.12. The van der Waals surface area contributed by atoms with Crippen LogP contribution in [0, 0.1) is 7.14 Å². The summed E-state index contributed by atoms with van der Waals surface area (Å²) in [6.07, 6.45) is 1.77. The van der Waals surface area contributed by atoms with Crippen LogP contribution in [-0.4, -0.2) is 22.6 Å². The topological polar surface area (TPSA) is 46.6 Å². The molecule has 134 valence electrons. The van der Waals surface area contributed by atoms with Crippen LogP contribution < -0.4 is 4.74 Å². The van der Waals surface area contributed by atoms with E-state index in [9.17, 15) is 9.59 Å². The first kappa shape index (κ1) is 19.7. The fourth-order valence-corrected chi connectivity index (χ4v) is 5.49. The summed E-state index contributed by atoms with van der Waals surface area (Å²) in [7, 11) is 0. The standard InChI is InChI=1S/C19H15I2NO3S/c1-2-22-18(23)16(26-19(22)24)10-13-8-14(20)17(15(21)9-13)25-11-12-6-4-3-5-7-12/h3-10H,2,11H2,1H3/b16-10+. The van der Waals surface area contributed by atoms with Crippen molar-refractivity contribution in [3.8, 4) is 5.75 Å². The summed E-state index contributed by atoms with van der Waals surface area (Å²) < 4.78 is 7.91. The van der Waals surface area contributed by atoms with Crippen LogP contribution in [0.15, 0.2) is 47.4 Å². The molecule has 0 aliphatic carbocycles. The molecule has 26 heavy (non-hydrogen) atoms. The van der Waals surface area contributed by atoms with E-state index in [-0.39, 0.29) is 11.1 Å². The van der Waals surface area contributed by atoms with Gasteiger partial charge in [-0.2, -0.15) is 0 Å². The Morgan fingerprint density at radius 3 is 2.35 bits per heavy atom. The van der Waals surface area contributed by atoms with Gasteiger partial charge in [0.1, 0.15) is 12.4 Å². The Labute approximate surface area is 183 Å². The van der Waals surface area contributed by atoms with Crippen LogP contribution in [0.25, 0.3) is 6.08 Å². The molecule has 2 aromatic rings. The lowest BCUT2D eigenvalue weighted by molar-refractivity contribution is -0.122. The van der Waals surface area contributed by atoms with E-state index in [1.54, 1.807) is 13.0 Å². The van der Waals surface area contributed by atoms with Gasteiger partial charge in [0.05, 0.1) is 12.0 Å². The number of ether oxygens (including phenoxy) is 1. The van der Waals surface area contributed by atoms with E-state index in [0.717, 1.165) is 35.8 Å². The number of rotatable bonds is 5. The van der Waals surface area contributed by atoms with Crippen molar-refractivity contribution < 1.29 is 14.3 Å². The molecule has 4 nitrogen and oxygen atoms in total. The molecule has 7 heteroatoms. The molecule has 2 amide bonds. The molecule has 1 aliphatic heterocycles. The molecule has 1 heterocycles. The number of benzene rings is 2. The van der Waals surface area contributed by atoms with E-state index in [1.807, 2.05) is 42.5 Å². The van der Waals surface area contributed by atoms with Gasteiger partial charge in [0.2, 0.25) is 0 Å².